The van der Waals surface area contributed by atoms with E-state index in [2.05, 4.69) is 4.98 Å². The molecule has 1 aromatic heterocycles. The second-order valence-corrected chi connectivity index (χ2v) is 6.47. The average molecular weight is 297 g/mol. The van der Waals surface area contributed by atoms with Crippen molar-refractivity contribution in [2.45, 2.75) is 58.0 Å². The van der Waals surface area contributed by atoms with Gasteiger partial charge < -0.3 is 9.84 Å². The molecule has 1 aliphatic carbocycles. The van der Waals surface area contributed by atoms with Crippen molar-refractivity contribution in [1.29, 1.82) is 0 Å². The third kappa shape index (κ3) is 3.38. The second kappa shape index (κ2) is 7.18. The van der Waals surface area contributed by atoms with Crippen LogP contribution in [0.2, 0.25) is 0 Å². The Balaban J connectivity index is 2.24. The Morgan fingerprint density at radius 1 is 1.45 bits per heavy atom. The number of carboxylic acids is 1. The van der Waals surface area contributed by atoms with Gasteiger partial charge in [0.1, 0.15) is 16.0 Å². The molecular weight excluding hydrogens is 274 g/mol. The van der Waals surface area contributed by atoms with Crippen molar-refractivity contribution in [3.05, 3.63) is 15.6 Å². The van der Waals surface area contributed by atoms with Crippen molar-refractivity contribution < 1.29 is 14.6 Å². The molecule has 1 saturated carbocycles. The van der Waals surface area contributed by atoms with Crippen LogP contribution in [0.25, 0.3) is 0 Å². The fourth-order valence-electron chi connectivity index (χ4n) is 3.00. The molecule has 0 amide bonds. The minimum atomic E-state index is -0.865. The molecule has 0 aliphatic heterocycles. The summed E-state index contributed by atoms with van der Waals surface area (Å²) in [6, 6.07) is 0. The molecule has 20 heavy (non-hydrogen) atoms. The van der Waals surface area contributed by atoms with Gasteiger partial charge in [-0.3, -0.25) is 0 Å². The quantitative estimate of drug-likeness (QED) is 0.860. The molecule has 1 aliphatic rings. The van der Waals surface area contributed by atoms with E-state index in [0.29, 0.717) is 10.8 Å². The van der Waals surface area contributed by atoms with Crippen LogP contribution in [0.4, 0.5) is 0 Å². The number of hydrogen-bond acceptors (Lipinski definition) is 4. The Bertz CT molecular complexity index is 452. The standard InChI is InChI=1S/C15H23NO3S/c1-3-7-11-13(15(17)18)20-14(16-11)12(19-2)10-8-5-4-6-9-10/h10,12H,3-9H2,1-2H3,(H,17,18). The number of ether oxygens (including phenoxy) is 1. The summed E-state index contributed by atoms with van der Waals surface area (Å²) in [5.74, 6) is -0.383. The minimum Gasteiger partial charge on any atom is -0.477 e. The summed E-state index contributed by atoms with van der Waals surface area (Å²) in [7, 11) is 1.71. The smallest absolute Gasteiger partial charge is 0.347 e. The largest absolute Gasteiger partial charge is 0.477 e. The van der Waals surface area contributed by atoms with Crippen LogP contribution in [-0.2, 0) is 11.2 Å². The molecule has 0 radical (unpaired) electrons. The first-order valence-corrected chi connectivity index (χ1v) is 8.24. The van der Waals surface area contributed by atoms with Crippen LogP contribution < -0.4 is 0 Å². The van der Waals surface area contributed by atoms with E-state index in [1.165, 1.54) is 30.6 Å². The Morgan fingerprint density at radius 2 is 2.15 bits per heavy atom. The predicted molar refractivity (Wildman–Crippen MR) is 79.4 cm³/mol. The van der Waals surface area contributed by atoms with Crippen LogP contribution in [0.5, 0.6) is 0 Å². The van der Waals surface area contributed by atoms with E-state index in [0.717, 1.165) is 36.4 Å². The molecule has 1 fully saturated rings. The van der Waals surface area contributed by atoms with E-state index in [4.69, 9.17) is 4.74 Å². The molecule has 4 nitrogen and oxygen atoms in total. The zero-order valence-corrected chi connectivity index (χ0v) is 13.0. The average Bonchev–Trinajstić information content (AvgIpc) is 2.85. The Kier molecular flexibility index (Phi) is 5.54. The minimum absolute atomic E-state index is 0.0380. The molecule has 0 aromatic carbocycles. The highest BCUT2D eigenvalue weighted by Crippen LogP contribution is 2.38. The summed E-state index contributed by atoms with van der Waals surface area (Å²) in [5, 5.41) is 10.1. The van der Waals surface area contributed by atoms with E-state index >= 15 is 0 Å². The van der Waals surface area contributed by atoms with Crippen molar-refractivity contribution in [3.63, 3.8) is 0 Å². The van der Waals surface area contributed by atoms with Crippen molar-refractivity contribution in [2.75, 3.05) is 7.11 Å². The lowest BCUT2D eigenvalue weighted by Gasteiger charge is -2.27. The molecule has 1 aromatic rings. The summed E-state index contributed by atoms with van der Waals surface area (Å²) in [6.45, 7) is 2.04. The molecule has 0 saturated heterocycles. The van der Waals surface area contributed by atoms with E-state index in [9.17, 15) is 9.90 Å². The number of aromatic carboxylic acids is 1. The molecule has 0 bridgehead atoms. The van der Waals surface area contributed by atoms with Crippen LogP contribution in [0, 0.1) is 5.92 Å². The van der Waals surface area contributed by atoms with E-state index in [1.54, 1.807) is 7.11 Å². The van der Waals surface area contributed by atoms with E-state index < -0.39 is 5.97 Å². The fourth-order valence-corrected chi connectivity index (χ4v) is 4.12. The van der Waals surface area contributed by atoms with Crippen molar-refractivity contribution in [1.82, 2.24) is 4.98 Å². The third-order valence-electron chi connectivity index (χ3n) is 3.97. The number of aromatic nitrogens is 1. The number of rotatable bonds is 6. The molecule has 1 unspecified atom stereocenters. The van der Waals surface area contributed by atoms with Gasteiger partial charge in [0, 0.05) is 7.11 Å². The normalized spacial score (nSPS) is 18.1. The maximum absolute atomic E-state index is 11.3. The molecule has 0 spiro atoms. The highest BCUT2D eigenvalue weighted by molar-refractivity contribution is 7.13. The summed E-state index contributed by atoms with van der Waals surface area (Å²) < 4.78 is 5.66. The Hall–Kier alpha value is -0.940. The molecule has 1 atom stereocenters. The Morgan fingerprint density at radius 3 is 2.70 bits per heavy atom. The van der Waals surface area contributed by atoms with Crippen molar-refractivity contribution >= 4 is 17.3 Å². The first-order valence-electron chi connectivity index (χ1n) is 7.43. The van der Waals surface area contributed by atoms with Gasteiger partial charge in [0.2, 0.25) is 0 Å². The Labute approximate surface area is 124 Å². The first kappa shape index (κ1) is 15.4. The molecule has 2 rings (SSSR count). The van der Waals surface area contributed by atoms with Gasteiger partial charge in [-0.25, -0.2) is 9.78 Å². The number of carbonyl (C=O) groups is 1. The monoisotopic (exact) mass is 297 g/mol. The van der Waals surface area contributed by atoms with Gasteiger partial charge in [-0.15, -0.1) is 11.3 Å². The second-order valence-electron chi connectivity index (χ2n) is 5.44. The lowest BCUT2D eigenvalue weighted by molar-refractivity contribution is 0.0351. The fraction of sp³-hybridized carbons (Fsp3) is 0.733. The molecule has 1 heterocycles. The highest BCUT2D eigenvalue weighted by atomic mass is 32.1. The summed E-state index contributed by atoms with van der Waals surface area (Å²) in [6.07, 6.45) is 7.68. The van der Waals surface area contributed by atoms with Gasteiger partial charge >= 0.3 is 5.97 Å². The van der Waals surface area contributed by atoms with Gasteiger partial charge in [-0.05, 0) is 25.2 Å². The summed E-state index contributed by atoms with van der Waals surface area (Å²) in [5.41, 5.74) is 0.720. The number of aryl methyl sites for hydroxylation is 1. The SMILES string of the molecule is CCCc1nc(C(OC)C2CCCCC2)sc1C(=O)O. The van der Waals surface area contributed by atoms with E-state index in [1.807, 2.05) is 6.92 Å². The van der Waals surface area contributed by atoms with Crippen LogP contribution >= 0.6 is 11.3 Å². The van der Waals surface area contributed by atoms with Gasteiger partial charge in [0.15, 0.2) is 0 Å². The zero-order valence-electron chi connectivity index (χ0n) is 12.2. The highest BCUT2D eigenvalue weighted by Gasteiger charge is 2.29. The maximum atomic E-state index is 11.3. The third-order valence-corrected chi connectivity index (χ3v) is 5.12. The van der Waals surface area contributed by atoms with Crippen molar-refractivity contribution in [3.8, 4) is 0 Å². The van der Waals surface area contributed by atoms with Crippen LogP contribution in [0.3, 0.4) is 0 Å². The molecular formula is C15H23NO3S. The van der Waals surface area contributed by atoms with Gasteiger partial charge in [0.25, 0.3) is 0 Å². The number of carboxylic acid groups (broad SMARTS) is 1. The molecule has 5 heteroatoms. The number of hydrogen-bond donors (Lipinski definition) is 1. The lowest BCUT2D eigenvalue weighted by Crippen LogP contribution is -2.17. The molecule has 112 valence electrons. The number of nitrogens with zero attached hydrogens (tertiary/aromatic N) is 1. The maximum Gasteiger partial charge on any atom is 0.347 e. The number of methoxy groups -OCH3 is 1. The van der Waals surface area contributed by atoms with E-state index in [-0.39, 0.29) is 6.10 Å². The lowest BCUT2D eigenvalue weighted by atomic mass is 9.85. The van der Waals surface area contributed by atoms with Crippen molar-refractivity contribution in [2.24, 2.45) is 5.92 Å². The predicted octanol–water partition coefficient (Wildman–Crippen LogP) is 4.06. The van der Waals surface area contributed by atoms with Crippen LogP contribution in [0.15, 0.2) is 0 Å². The summed E-state index contributed by atoms with van der Waals surface area (Å²) >= 11 is 1.30. The van der Waals surface area contributed by atoms with Gasteiger partial charge in [-0.1, -0.05) is 32.6 Å². The summed E-state index contributed by atoms with van der Waals surface area (Å²) in [4.78, 5) is 16.3. The van der Waals surface area contributed by atoms with Gasteiger partial charge in [0.05, 0.1) is 5.69 Å². The first-order chi connectivity index (χ1) is 9.67. The van der Waals surface area contributed by atoms with Gasteiger partial charge in [-0.2, -0.15) is 0 Å². The molecule has 1 N–H and O–H groups in total. The number of thiazole rings is 1. The zero-order chi connectivity index (χ0) is 14.5. The topological polar surface area (TPSA) is 59.4 Å². The van der Waals surface area contributed by atoms with Crippen LogP contribution in [0.1, 0.15) is 71.9 Å². The van der Waals surface area contributed by atoms with Crippen LogP contribution in [-0.4, -0.2) is 23.2 Å².